The molecule has 0 radical (unpaired) electrons. The van der Waals surface area contributed by atoms with Crippen LogP contribution >= 0.6 is 24.0 Å². The number of benzene rings is 1. The third kappa shape index (κ3) is 5.95. The van der Waals surface area contributed by atoms with E-state index in [1.165, 1.54) is 0 Å². The molecule has 0 unspecified atom stereocenters. The maximum atomic E-state index is 5.74. The second-order valence-corrected chi connectivity index (χ2v) is 4.90. The van der Waals surface area contributed by atoms with Crippen molar-refractivity contribution in [2.75, 3.05) is 20.2 Å². The average Bonchev–Trinajstić information content (AvgIpc) is 2.97. The van der Waals surface area contributed by atoms with E-state index in [-0.39, 0.29) is 24.0 Å². The second kappa shape index (κ2) is 9.65. The van der Waals surface area contributed by atoms with E-state index in [0.29, 0.717) is 12.6 Å². The van der Waals surface area contributed by atoms with Crippen LogP contribution in [0, 0.1) is 6.92 Å². The van der Waals surface area contributed by atoms with E-state index in [2.05, 4.69) is 40.8 Å². The number of nitrogens with one attached hydrogen (secondary N) is 2. The van der Waals surface area contributed by atoms with Crippen molar-refractivity contribution < 1.29 is 4.74 Å². The van der Waals surface area contributed by atoms with Crippen LogP contribution in [-0.4, -0.2) is 32.2 Å². The summed E-state index contributed by atoms with van der Waals surface area (Å²) in [6, 6.07) is 8.52. The Hall–Kier alpha value is -1.24. The molecule has 0 fully saturated rings. The first-order chi connectivity index (χ1) is 9.79. The van der Waals surface area contributed by atoms with Gasteiger partial charge in [-0.3, -0.25) is 4.99 Å². The van der Waals surface area contributed by atoms with Gasteiger partial charge < -0.3 is 15.4 Å². The van der Waals surface area contributed by atoms with Crippen LogP contribution in [0.5, 0.6) is 5.75 Å². The number of nitrogens with zero attached hydrogens (tertiary/aromatic N) is 1. The molecule has 21 heavy (non-hydrogen) atoms. The highest BCUT2D eigenvalue weighted by atomic mass is 127. The van der Waals surface area contributed by atoms with Gasteiger partial charge in [0.05, 0.1) is 6.54 Å². The second-order valence-electron chi connectivity index (χ2n) is 4.90. The third-order valence-electron chi connectivity index (χ3n) is 3.32. The largest absolute Gasteiger partial charge is 0.491 e. The number of aliphatic imine (C=N–C) groups is 1. The standard InChI is InChI=1S/C16H23N3O.HI/c1-13-7-3-6-10-15(13)20-12-11-18-16(17-2)19-14-8-4-5-9-14;/h3-7,10,14H,8-9,11-12H2,1-2H3,(H2,17,18,19);1H. The summed E-state index contributed by atoms with van der Waals surface area (Å²) in [5.74, 6) is 1.78. The number of halogens is 1. The van der Waals surface area contributed by atoms with Crippen LogP contribution in [0.2, 0.25) is 0 Å². The predicted molar refractivity (Wildman–Crippen MR) is 98.7 cm³/mol. The van der Waals surface area contributed by atoms with Gasteiger partial charge >= 0.3 is 0 Å². The molecule has 4 nitrogen and oxygen atoms in total. The zero-order chi connectivity index (χ0) is 14.2. The van der Waals surface area contributed by atoms with E-state index >= 15 is 0 Å². The minimum atomic E-state index is 0. The molecule has 116 valence electrons. The number of rotatable bonds is 5. The molecule has 0 saturated carbocycles. The summed E-state index contributed by atoms with van der Waals surface area (Å²) in [6.45, 7) is 3.40. The van der Waals surface area contributed by atoms with Gasteiger partial charge in [-0.1, -0.05) is 30.4 Å². The Morgan fingerprint density at radius 1 is 1.29 bits per heavy atom. The number of ether oxygens (including phenoxy) is 1. The van der Waals surface area contributed by atoms with Crippen LogP contribution in [0.15, 0.2) is 41.4 Å². The summed E-state index contributed by atoms with van der Waals surface area (Å²) in [4.78, 5) is 4.22. The van der Waals surface area contributed by atoms with E-state index < -0.39 is 0 Å². The molecule has 0 bridgehead atoms. The SMILES string of the molecule is CN=C(NCCOc1ccccc1C)NC1CC=CC1.I. The van der Waals surface area contributed by atoms with E-state index in [1.807, 2.05) is 18.2 Å². The number of para-hydroxylation sites is 1. The maximum absolute atomic E-state index is 5.74. The van der Waals surface area contributed by atoms with Gasteiger partial charge in [0.2, 0.25) is 0 Å². The molecule has 1 aliphatic carbocycles. The third-order valence-corrected chi connectivity index (χ3v) is 3.32. The molecular weight excluding hydrogens is 377 g/mol. The van der Waals surface area contributed by atoms with Crippen LogP contribution in [0.3, 0.4) is 0 Å². The van der Waals surface area contributed by atoms with Crippen molar-refractivity contribution in [1.82, 2.24) is 10.6 Å². The Kier molecular flexibility index (Phi) is 8.19. The molecule has 0 amide bonds. The topological polar surface area (TPSA) is 45.7 Å². The molecule has 1 aromatic carbocycles. The lowest BCUT2D eigenvalue weighted by Crippen LogP contribution is -2.43. The summed E-state index contributed by atoms with van der Waals surface area (Å²) in [7, 11) is 1.79. The molecular formula is C16H24IN3O. The maximum Gasteiger partial charge on any atom is 0.191 e. The molecule has 1 aliphatic rings. The van der Waals surface area contributed by atoms with Crippen LogP contribution in [0.25, 0.3) is 0 Å². The van der Waals surface area contributed by atoms with Gasteiger partial charge in [0.15, 0.2) is 5.96 Å². The minimum absolute atomic E-state index is 0. The summed E-state index contributed by atoms with van der Waals surface area (Å²) in [5, 5.41) is 6.67. The van der Waals surface area contributed by atoms with Crippen molar-refractivity contribution in [2.24, 2.45) is 4.99 Å². The fraction of sp³-hybridized carbons (Fsp3) is 0.438. The van der Waals surface area contributed by atoms with Gasteiger partial charge in [-0.15, -0.1) is 24.0 Å². The molecule has 0 spiro atoms. The first kappa shape index (κ1) is 17.8. The lowest BCUT2D eigenvalue weighted by atomic mass is 10.2. The van der Waals surface area contributed by atoms with Crippen molar-refractivity contribution in [3.8, 4) is 5.75 Å². The van der Waals surface area contributed by atoms with Gasteiger partial charge in [-0.05, 0) is 31.4 Å². The Morgan fingerprint density at radius 3 is 2.67 bits per heavy atom. The molecule has 0 saturated heterocycles. The number of guanidine groups is 1. The number of hydrogen-bond donors (Lipinski definition) is 2. The monoisotopic (exact) mass is 401 g/mol. The van der Waals surface area contributed by atoms with Crippen LogP contribution < -0.4 is 15.4 Å². The Bertz CT molecular complexity index is 480. The fourth-order valence-electron chi connectivity index (χ4n) is 2.17. The Morgan fingerprint density at radius 2 is 2.00 bits per heavy atom. The molecule has 5 heteroatoms. The molecule has 1 aromatic rings. The van der Waals surface area contributed by atoms with Crippen molar-refractivity contribution in [1.29, 1.82) is 0 Å². The van der Waals surface area contributed by atoms with Crippen molar-refractivity contribution in [3.05, 3.63) is 42.0 Å². The van der Waals surface area contributed by atoms with Crippen LogP contribution in [0.1, 0.15) is 18.4 Å². The van der Waals surface area contributed by atoms with E-state index in [9.17, 15) is 0 Å². The van der Waals surface area contributed by atoms with Gasteiger partial charge in [-0.2, -0.15) is 0 Å². The van der Waals surface area contributed by atoms with E-state index in [1.54, 1.807) is 7.05 Å². The zero-order valence-electron chi connectivity index (χ0n) is 12.6. The summed E-state index contributed by atoms with van der Waals surface area (Å²) < 4.78 is 5.74. The van der Waals surface area contributed by atoms with Gasteiger partial charge in [-0.25, -0.2) is 0 Å². The predicted octanol–water partition coefficient (Wildman–Crippen LogP) is 2.88. The van der Waals surface area contributed by atoms with Gasteiger partial charge in [0.25, 0.3) is 0 Å². The smallest absolute Gasteiger partial charge is 0.191 e. The summed E-state index contributed by atoms with van der Waals surface area (Å²) >= 11 is 0. The van der Waals surface area contributed by atoms with Gasteiger partial charge in [0, 0.05) is 13.1 Å². The molecule has 2 N–H and O–H groups in total. The zero-order valence-corrected chi connectivity index (χ0v) is 15.0. The molecule has 0 atom stereocenters. The first-order valence-corrected chi connectivity index (χ1v) is 7.10. The quantitative estimate of drug-likeness (QED) is 0.262. The molecule has 0 aromatic heterocycles. The highest BCUT2D eigenvalue weighted by Gasteiger charge is 2.11. The highest BCUT2D eigenvalue weighted by molar-refractivity contribution is 14.0. The first-order valence-electron chi connectivity index (χ1n) is 7.10. The Balaban J connectivity index is 0.00000220. The average molecular weight is 401 g/mol. The van der Waals surface area contributed by atoms with E-state index in [4.69, 9.17) is 4.74 Å². The molecule has 2 rings (SSSR count). The number of hydrogen-bond acceptors (Lipinski definition) is 2. The highest BCUT2D eigenvalue weighted by Crippen LogP contribution is 2.15. The lowest BCUT2D eigenvalue weighted by molar-refractivity contribution is 0.319. The van der Waals surface area contributed by atoms with Crippen LogP contribution in [-0.2, 0) is 0 Å². The minimum Gasteiger partial charge on any atom is -0.491 e. The normalized spacial score (nSPS) is 14.7. The molecule has 0 aliphatic heterocycles. The van der Waals surface area contributed by atoms with Crippen molar-refractivity contribution in [2.45, 2.75) is 25.8 Å². The lowest BCUT2D eigenvalue weighted by Gasteiger charge is -2.17. The van der Waals surface area contributed by atoms with Gasteiger partial charge in [0.1, 0.15) is 12.4 Å². The summed E-state index contributed by atoms with van der Waals surface area (Å²) in [5.41, 5.74) is 1.16. The van der Waals surface area contributed by atoms with Crippen molar-refractivity contribution in [3.63, 3.8) is 0 Å². The number of aryl methyl sites for hydroxylation is 1. The van der Waals surface area contributed by atoms with E-state index in [0.717, 1.165) is 36.7 Å². The fourth-order valence-corrected chi connectivity index (χ4v) is 2.17. The molecule has 0 heterocycles. The van der Waals surface area contributed by atoms with Crippen molar-refractivity contribution >= 4 is 29.9 Å². The summed E-state index contributed by atoms with van der Waals surface area (Å²) in [6.07, 6.45) is 6.54. The Labute approximate surface area is 144 Å². The van der Waals surface area contributed by atoms with Crippen LogP contribution in [0.4, 0.5) is 0 Å².